The van der Waals surface area contributed by atoms with Crippen LogP contribution in [0.5, 0.6) is 0 Å². The topological polar surface area (TPSA) is 187 Å². The third kappa shape index (κ3) is 11.3. The molecular formula is C25H28N2Na2O9S3. The first-order chi connectivity index (χ1) is 18.1. The van der Waals surface area contributed by atoms with Gasteiger partial charge in [-0.25, -0.2) is 25.3 Å². The van der Waals surface area contributed by atoms with Crippen molar-refractivity contribution in [2.24, 2.45) is 0 Å². The zero-order valence-electron chi connectivity index (χ0n) is 23.0. The molecule has 0 spiro atoms. The van der Waals surface area contributed by atoms with Crippen LogP contribution in [0.1, 0.15) is 31.7 Å². The minimum Gasteiger partial charge on any atom is -0.748 e. The van der Waals surface area contributed by atoms with E-state index in [1.165, 1.54) is 12.1 Å². The molecule has 212 valence electrons. The molecule has 0 fully saturated rings. The summed E-state index contributed by atoms with van der Waals surface area (Å²) in [6.07, 6.45) is 6.76. The van der Waals surface area contributed by atoms with E-state index in [1.54, 1.807) is 35.9 Å². The normalized spacial score (nSPS) is 17.4. The number of fused-ring (bicyclic) bond motifs is 1. The second-order valence-electron chi connectivity index (χ2n) is 9.21. The fraction of sp³-hybridized carbons (Fsp3) is 0.320. The third-order valence-electron chi connectivity index (χ3n) is 6.33. The molecule has 1 atom stereocenters. The molecule has 0 aliphatic carbocycles. The second-order valence-corrected chi connectivity index (χ2v) is 13.6. The van der Waals surface area contributed by atoms with Crippen LogP contribution < -0.4 is 64.4 Å². The molecule has 0 aromatic heterocycles. The summed E-state index contributed by atoms with van der Waals surface area (Å²) in [5.74, 6) is -1.28. The minimum absolute atomic E-state index is 0. The Morgan fingerprint density at radius 2 is 1.46 bits per heavy atom. The molecule has 11 nitrogen and oxygen atoms in total. The summed E-state index contributed by atoms with van der Waals surface area (Å²) in [7, 11) is -13.8. The van der Waals surface area contributed by atoms with E-state index < -0.39 is 52.2 Å². The largest absolute Gasteiger partial charge is 1.00 e. The smallest absolute Gasteiger partial charge is 0.748 e. The molecule has 1 N–H and O–H groups in total. The van der Waals surface area contributed by atoms with E-state index in [-0.39, 0.29) is 84.9 Å². The number of anilines is 1. The van der Waals surface area contributed by atoms with Gasteiger partial charge in [-0.2, -0.15) is 4.58 Å². The molecule has 41 heavy (non-hydrogen) atoms. The van der Waals surface area contributed by atoms with Gasteiger partial charge in [0, 0.05) is 47.5 Å². The molecule has 2 aromatic rings. The summed E-state index contributed by atoms with van der Waals surface area (Å²) in [6.45, 7) is 1.79. The second kappa shape index (κ2) is 15.7. The van der Waals surface area contributed by atoms with E-state index in [1.807, 2.05) is 30.3 Å². The third-order valence-corrected chi connectivity index (χ3v) is 8.74. The van der Waals surface area contributed by atoms with Crippen molar-refractivity contribution in [1.82, 2.24) is 0 Å². The summed E-state index contributed by atoms with van der Waals surface area (Å²) in [5.41, 5.74) is 1.23. The Balaban J connectivity index is 0.00000420. The van der Waals surface area contributed by atoms with E-state index in [2.05, 4.69) is 5.32 Å². The predicted molar refractivity (Wildman–Crippen MR) is 143 cm³/mol. The number of nitrogens with one attached hydrogen (secondary N) is 1. The Morgan fingerprint density at radius 1 is 0.854 bits per heavy atom. The van der Waals surface area contributed by atoms with E-state index >= 15 is 0 Å². The molecule has 0 radical (unpaired) electrons. The van der Waals surface area contributed by atoms with Gasteiger partial charge in [-0.1, -0.05) is 24.3 Å². The van der Waals surface area contributed by atoms with Crippen molar-refractivity contribution in [3.63, 3.8) is 0 Å². The minimum atomic E-state index is -4.82. The van der Waals surface area contributed by atoms with Crippen molar-refractivity contribution >= 4 is 47.4 Å². The van der Waals surface area contributed by atoms with Crippen LogP contribution >= 0.6 is 0 Å². The van der Waals surface area contributed by atoms with Crippen LogP contribution in [0.15, 0.2) is 77.9 Å². The Morgan fingerprint density at radius 3 is 2.05 bits per heavy atom. The van der Waals surface area contributed by atoms with E-state index in [9.17, 15) is 38.9 Å². The number of nitrogens with zero attached hydrogens (tertiary/aromatic N) is 1. The predicted octanol–water partition coefficient (Wildman–Crippen LogP) is -3.60. The van der Waals surface area contributed by atoms with Crippen molar-refractivity contribution in [1.29, 1.82) is 0 Å². The molecule has 3 rings (SSSR count). The van der Waals surface area contributed by atoms with Crippen LogP contribution in [-0.4, -0.2) is 67.2 Å². The monoisotopic (exact) mass is 642 g/mol. The van der Waals surface area contributed by atoms with E-state index in [4.69, 9.17) is 0 Å². The van der Waals surface area contributed by atoms with Crippen molar-refractivity contribution in [3.8, 4) is 0 Å². The van der Waals surface area contributed by atoms with Gasteiger partial charge in [0.2, 0.25) is 5.69 Å². The van der Waals surface area contributed by atoms with Crippen LogP contribution in [0, 0.1) is 0 Å². The first kappa shape index (κ1) is 38.1. The Kier molecular flexibility index (Phi) is 14.6. The van der Waals surface area contributed by atoms with Crippen LogP contribution in [0.4, 0.5) is 11.4 Å². The van der Waals surface area contributed by atoms with Gasteiger partial charge in [-0.3, -0.25) is 0 Å². The number of allylic oxidation sites excluding steroid dienone is 3. The number of rotatable bonds is 13. The standard InChI is InChI=1S/C25H30N2O9S3.2Na/c1-25(14-7-17-37(28,29)30)22-19-21(39(34,35)36)12-13-23(22)27(16-8-18-38(31,32)33)24(25)11-5-6-15-26-20-9-3-2-4-10-20;;/h2-6,9-13,15,19H,7-8,14,16-18H2,1H3,(H3,28,29,30,31,32,33,34,35,36);;/q;2*+1/p-2. The average molecular weight is 643 g/mol. The molecule has 0 amide bonds. The van der Waals surface area contributed by atoms with Gasteiger partial charge in [0.25, 0.3) is 0 Å². The van der Waals surface area contributed by atoms with Gasteiger partial charge < -0.3 is 19.0 Å². The maximum absolute atomic E-state index is 11.8. The van der Waals surface area contributed by atoms with E-state index in [0.29, 0.717) is 17.0 Å². The average Bonchev–Trinajstić information content (AvgIpc) is 3.05. The molecule has 0 saturated heterocycles. The molecular weight excluding hydrogens is 614 g/mol. The summed E-state index contributed by atoms with van der Waals surface area (Å²) in [6, 6.07) is 13.1. The van der Waals surface area contributed by atoms with Gasteiger partial charge in [0.05, 0.1) is 30.5 Å². The number of hydrogen-bond acceptors (Lipinski definition) is 10. The zero-order chi connectivity index (χ0) is 28.9. The van der Waals surface area contributed by atoms with Crippen molar-refractivity contribution < 1.29 is 103 Å². The molecule has 1 unspecified atom stereocenters. The van der Waals surface area contributed by atoms with Crippen LogP contribution in [-0.2, 0) is 35.8 Å². The summed E-state index contributed by atoms with van der Waals surface area (Å²) < 4.78 is 104. The molecule has 1 aliphatic heterocycles. The van der Waals surface area contributed by atoms with Gasteiger partial charge in [0.15, 0.2) is 5.71 Å². The molecule has 16 heteroatoms. The van der Waals surface area contributed by atoms with Crippen LogP contribution in [0.3, 0.4) is 0 Å². The SMILES string of the molecule is CC1(CCCS(=O)(=O)[O-])C(/C=C/C=C/Nc2ccccc2)=[N+](CCCS(=O)(=O)[O-])c2ccc(S(=O)(=O)[O-])cc21.[Na+].[Na+]. The quantitative estimate of drug-likeness (QED) is 0.0990. The first-order valence-corrected chi connectivity index (χ1v) is 16.4. The molecule has 0 bridgehead atoms. The Labute approximate surface area is 285 Å². The summed E-state index contributed by atoms with van der Waals surface area (Å²) >= 11 is 0. The Hall–Kier alpha value is -0.880. The van der Waals surface area contributed by atoms with E-state index in [0.717, 1.165) is 11.8 Å². The van der Waals surface area contributed by atoms with Crippen molar-refractivity contribution in [3.05, 3.63) is 78.5 Å². The number of benzene rings is 2. The number of hydrogen-bond donors (Lipinski definition) is 1. The molecule has 1 aliphatic rings. The maximum Gasteiger partial charge on any atom is 1.00 e. The fourth-order valence-electron chi connectivity index (χ4n) is 4.57. The van der Waals surface area contributed by atoms with Gasteiger partial charge in [-0.15, -0.1) is 0 Å². The molecule has 1 heterocycles. The van der Waals surface area contributed by atoms with Crippen LogP contribution in [0.2, 0.25) is 0 Å². The van der Waals surface area contributed by atoms with Crippen molar-refractivity contribution in [2.75, 3.05) is 23.4 Å². The summed E-state index contributed by atoms with van der Waals surface area (Å²) in [5, 5.41) is 3.09. The van der Waals surface area contributed by atoms with Gasteiger partial charge in [0.1, 0.15) is 16.7 Å². The maximum atomic E-state index is 11.8. The fourth-order valence-corrected chi connectivity index (χ4v) is 6.05. The van der Waals surface area contributed by atoms with Gasteiger partial charge >= 0.3 is 59.1 Å². The van der Waals surface area contributed by atoms with Crippen LogP contribution in [0.25, 0.3) is 0 Å². The zero-order valence-corrected chi connectivity index (χ0v) is 29.5. The molecule has 2 aromatic carbocycles. The molecule has 0 saturated carbocycles. The van der Waals surface area contributed by atoms with Crippen molar-refractivity contribution in [2.45, 2.75) is 36.5 Å². The first-order valence-electron chi connectivity index (χ1n) is 11.9. The summed E-state index contributed by atoms with van der Waals surface area (Å²) in [4.78, 5) is -0.483. The number of para-hydroxylation sites is 1. The van der Waals surface area contributed by atoms with Gasteiger partial charge in [-0.05, 0) is 50.1 Å². The Bertz CT molecular complexity index is 1630.